The van der Waals surface area contributed by atoms with E-state index in [1.807, 2.05) is 4.90 Å². The van der Waals surface area contributed by atoms with Crippen LogP contribution in [0.3, 0.4) is 0 Å². The Hall–Kier alpha value is -1.79. The standard InChI is InChI=1S/C20H26FNO4/c21-17-3-1-15(2-4-17)20(24)16-5-10-22(11-6-16)19(23)9-14-26-18-7-12-25-13-8-18/h1-4,16,18H,5-14H2. The van der Waals surface area contributed by atoms with Crippen LogP contribution >= 0.6 is 0 Å². The summed E-state index contributed by atoms with van der Waals surface area (Å²) >= 11 is 0. The maximum absolute atomic E-state index is 13.0. The SMILES string of the molecule is O=C(c1ccc(F)cc1)C1CCN(C(=O)CCOC2CCOCC2)CC1. The average Bonchev–Trinajstić information content (AvgIpc) is 2.69. The van der Waals surface area contributed by atoms with E-state index in [1.54, 1.807) is 0 Å². The molecular weight excluding hydrogens is 337 g/mol. The predicted molar refractivity (Wildman–Crippen MR) is 94.4 cm³/mol. The molecule has 1 amide bonds. The third kappa shape index (κ3) is 5.11. The summed E-state index contributed by atoms with van der Waals surface area (Å²) in [4.78, 5) is 26.6. The highest BCUT2D eigenvalue weighted by Crippen LogP contribution is 2.22. The van der Waals surface area contributed by atoms with Gasteiger partial charge >= 0.3 is 0 Å². The van der Waals surface area contributed by atoms with Gasteiger partial charge in [0.2, 0.25) is 5.91 Å². The second-order valence-electron chi connectivity index (χ2n) is 6.96. The number of carbonyl (C=O) groups is 2. The van der Waals surface area contributed by atoms with Crippen molar-refractivity contribution in [1.29, 1.82) is 0 Å². The smallest absolute Gasteiger partial charge is 0.224 e. The average molecular weight is 363 g/mol. The van der Waals surface area contributed by atoms with Gasteiger partial charge in [0.1, 0.15) is 5.82 Å². The largest absolute Gasteiger partial charge is 0.381 e. The maximum atomic E-state index is 13.0. The monoisotopic (exact) mass is 363 g/mol. The molecule has 1 aromatic carbocycles. The zero-order valence-electron chi connectivity index (χ0n) is 15.0. The summed E-state index contributed by atoms with van der Waals surface area (Å²) in [6.07, 6.45) is 3.69. The van der Waals surface area contributed by atoms with Gasteiger partial charge in [-0.25, -0.2) is 4.39 Å². The lowest BCUT2D eigenvalue weighted by atomic mass is 9.89. The maximum Gasteiger partial charge on any atom is 0.224 e. The fourth-order valence-corrected chi connectivity index (χ4v) is 3.55. The van der Waals surface area contributed by atoms with E-state index < -0.39 is 0 Å². The highest BCUT2D eigenvalue weighted by Gasteiger charge is 2.28. The van der Waals surface area contributed by atoms with Crippen LogP contribution in [0.1, 0.15) is 42.5 Å². The normalized spacial score (nSPS) is 19.5. The van der Waals surface area contributed by atoms with Gasteiger partial charge in [0.05, 0.1) is 19.1 Å². The van der Waals surface area contributed by atoms with Gasteiger partial charge in [0, 0.05) is 37.8 Å². The molecule has 0 bridgehead atoms. The van der Waals surface area contributed by atoms with Crippen molar-refractivity contribution in [1.82, 2.24) is 4.90 Å². The molecule has 0 N–H and O–H groups in total. The van der Waals surface area contributed by atoms with Gasteiger partial charge in [-0.2, -0.15) is 0 Å². The number of Topliss-reactive ketones (excluding diaryl/α,β-unsaturated/α-hetero) is 1. The second-order valence-corrected chi connectivity index (χ2v) is 6.96. The third-order valence-corrected chi connectivity index (χ3v) is 5.19. The molecule has 0 saturated carbocycles. The molecule has 0 radical (unpaired) electrons. The fraction of sp³-hybridized carbons (Fsp3) is 0.600. The van der Waals surface area contributed by atoms with E-state index in [2.05, 4.69) is 0 Å². The molecule has 1 aromatic rings. The first-order valence-corrected chi connectivity index (χ1v) is 9.40. The molecule has 0 unspecified atom stereocenters. The number of benzene rings is 1. The molecule has 6 heteroatoms. The molecule has 2 saturated heterocycles. The van der Waals surface area contributed by atoms with Crippen molar-refractivity contribution in [2.75, 3.05) is 32.9 Å². The van der Waals surface area contributed by atoms with Crippen LogP contribution in [0.4, 0.5) is 4.39 Å². The van der Waals surface area contributed by atoms with E-state index in [-0.39, 0.29) is 29.5 Å². The van der Waals surface area contributed by atoms with Crippen LogP contribution in [0.5, 0.6) is 0 Å². The van der Waals surface area contributed by atoms with E-state index in [0.717, 1.165) is 26.1 Å². The van der Waals surface area contributed by atoms with E-state index in [4.69, 9.17) is 9.47 Å². The molecule has 5 nitrogen and oxygen atoms in total. The molecule has 2 aliphatic rings. The number of likely N-dealkylation sites (tertiary alicyclic amines) is 1. The number of carbonyl (C=O) groups excluding carboxylic acids is 2. The van der Waals surface area contributed by atoms with Crippen LogP contribution in [-0.2, 0) is 14.3 Å². The van der Waals surface area contributed by atoms with Gasteiger partial charge in [0.15, 0.2) is 5.78 Å². The molecule has 0 aromatic heterocycles. The zero-order chi connectivity index (χ0) is 18.4. The van der Waals surface area contributed by atoms with Crippen LogP contribution in [0.25, 0.3) is 0 Å². The van der Waals surface area contributed by atoms with Crippen molar-refractivity contribution in [3.05, 3.63) is 35.6 Å². The minimum Gasteiger partial charge on any atom is -0.381 e. The van der Waals surface area contributed by atoms with Crippen molar-refractivity contribution < 1.29 is 23.5 Å². The van der Waals surface area contributed by atoms with Crippen molar-refractivity contribution in [2.24, 2.45) is 5.92 Å². The number of hydrogen-bond donors (Lipinski definition) is 0. The minimum atomic E-state index is -0.343. The quantitative estimate of drug-likeness (QED) is 0.730. The first kappa shape index (κ1) is 19.0. The van der Waals surface area contributed by atoms with Crippen LogP contribution in [0, 0.1) is 11.7 Å². The number of ether oxygens (including phenoxy) is 2. The van der Waals surface area contributed by atoms with Crippen LogP contribution in [0.15, 0.2) is 24.3 Å². The summed E-state index contributed by atoms with van der Waals surface area (Å²) in [5.74, 6) is -0.308. The van der Waals surface area contributed by atoms with E-state index in [1.165, 1.54) is 24.3 Å². The number of rotatable bonds is 6. The molecule has 26 heavy (non-hydrogen) atoms. The lowest BCUT2D eigenvalue weighted by Gasteiger charge is -2.31. The highest BCUT2D eigenvalue weighted by atomic mass is 19.1. The molecule has 2 fully saturated rings. The first-order valence-electron chi connectivity index (χ1n) is 9.40. The molecule has 142 valence electrons. The molecule has 3 rings (SSSR count). The van der Waals surface area contributed by atoms with Crippen LogP contribution in [0.2, 0.25) is 0 Å². The van der Waals surface area contributed by atoms with Gasteiger partial charge in [-0.15, -0.1) is 0 Å². The van der Waals surface area contributed by atoms with Gasteiger partial charge < -0.3 is 14.4 Å². The Labute approximate surface area is 153 Å². The first-order chi connectivity index (χ1) is 12.6. The number of piperidine rings is 1. The topological polar surface area (TPSA) is 55.8 Å². The molecule has 0 spiro atoms. The number of amides is 1. The third-order valence-electron chi connectivity index (χ3n) is 5.19. The summed E-state index contributed by atoms with van der Waals surface area (Å²) in [7, 11) is 0. The van der Waals surface area contributed by atoms with Gasteiger partial charge in [-0.1, -0.05) is 0 Å². The second kappa shape index (κ2) is 9.24. The zero-order valence-corrected chi connectivity index (χ0v) is 15.0. The van der Waals surface area contributed by atoms with E-state index in [9.17, 15) is 14.0 Å². The predicted octanol–water partition coefficient (Wildman–Crippen LogP) is 2.83. The fourth-order valence-electron chi connectivity index (χ4n) is 3.55. The van der Waals surface area contributed by atoms with Crippen LogP contribution in [-0.4, -0.2) is 55.6 Å². The Balaban J connectivity index is 1.39. The Morgan fingerprint density at radius 2 is 1.73 bits per heavy atom. The summed E-state index contributed by atoms with van der Waals surface area (Å²) in [5.41, 5.74) is 0.543. The van der Waals surface area contributed by atoms with Crippen molar-refractivity contribution in [3.8, 4) is 0 Å². The summed E-state index contributed by atoms with van der Waals surface area (Å²) < 4.78 is 24.0. The molecule has 0 atom stereocenters. The Morgan fingerprint density at radius 1 is 1.08 bits per heavy atom. The lowest BCUT2D eigenvalue weighted by Crippen LogP contribution is -2.40. The number of ketones is 1. The number of hydrogen-bond acceptors (Lipinski definition) is 4. The Kier molecular flexibility index (Phi) is 6.74. The molecule has 0 aliphatic carbocycles. The highest BCUT2D eigenvalue weighted by molar-refractivity contribution is 5.98. The van der Waals surface area contributed by atoms with Gasteiger partial charge in [-0.3, -0.25) is 9.59 Å². The van der Waals surface area contributed by atoms with E-state index >= 15 is 0 Å². The van der Waals surface area contributed by atoms with Crippen molar-refractivity contribution >= 4 is 11.7 Å². The number of halogens is 1. The number of nitrogens with zero attached hydrogens (tertiary/aromatic N) is 1. The molecule has 2 heterocycles. The minimum absolute atomic E-state index is 0.0416. The molecular formula is C20H26FNO4. The van der Waals surface area contributed by atoms with Crippen LogP contribution < -0.4 is 0 Å². The van der Waals surface area contributed by atoms with Gasteiger partial charge in [0.25, 0.3) is 0 Å². The van der Waals surface area contributed by atoms with E-state index in [0.29, 0.717) is 44.5 Å². The molecule has 2 aliphatic heterocycles. The summed E-state index contributed by atoms with van der Waals surface area (Å²) in [5, 5.41) is 0. The lowest BCUT2D eigenvalue weighted by molar-refractivity contribution is -0.134. The van der Waals surface area contributed by atoms with Crippen molar-refractivity contribution in [2.45, 2.75) is 38.2 Å². The Morgan fingerprint density at radius 3 is 2.38 bits per heavy atom. The van der Waals surface area contributed by atoms with Gasteiger partial charge in [-0.05, 0) is 49.9 Å². The van der Waals surface area contributed by atoms with Crippen molar-refractivity contribution in [3.63, 3.8) is 0 Å². The Bertz CT molecular complexity index is 605. The summed E-state index contributed by atoms with van der Waals surface area (Å²) in [6.45, 7) is 3.09. The summed E-state index contributed by atoms with van der Waals surface area (Å²) in [6, 6.07) is 5.68.